The van der Waals surface area contributed by atoms with Crippen LogP contribution >= 0.6 is 0 Å². The minimum atomic E-state index is -0.138. The molecule has 2 aliphatic rings. The van der Waals surface area contributed by atoms with Gasteiger partial charge in [-0.3, -0.25) is 0 Å². The van der Waals surface area contributed by atoms with Crippen molar-refractivity contribution in [1.29, 1.82) is 0 Å². The molecule has 1 aliphatic carbocycles. The fraction of sp³-hybridized carbons (Fsp3) is 0.760. The predicted molar refractivity (Wildman–Crippen MR) is 117 cm³/mol. The van der Waals surface area contributed by atoms with Gasteiger partial charge >= 0.3 is 0 Å². The summed E-state index contributed by atoms with van der Waals surface area (Å²) in [6.45, 7) is 10.5. The van der Waals surface area contributed by atoms with E-state index < -0.39 is 0 Å². The van der Waals surface area contributed by atoms with Crippen LogP contribution in [0.2, 0.25) is 0 Å². The van der Waals surface area contributed by atoms with E-state index in [2.05, 4.69) is 39.8 Å². The van der Waals surface area contributed by atoms with Crippen LogP contribution in [0.4, 0.5) is 0 Å². The first-order chi connectivity index (χ1) is 14.0. The average Bonchev–Trinajstić information content (AvgIpc) is 2.67. The molecule has 29 heavy (non-hydrogen) atoms. The molecule has 164 valence electrons. The molecular weight excluding hydrogens is 364 g/mol. The summed E-state index contributed by atoms with van der Waals surface area (Å²) in [7, 11) is 0. The van der Waals surface area contributed by atoms with E-state index in [0.29, 0.717) is 31.7 Å². The van der Waals surface area contributed by atoms with Gasteiger partial charge in [0.05, 0.1) is 19.8 Å². The molecule has 0 radical (unpaired) electrons. The second-order valence-electron chi connectivity index (χ2n) is 9.48. The van der Waals surface area contributed by atoms with E-state index in [1.807, 2.05) is 0 Å². The number of unbranched alkanes of at least 4 members (excludes halogenated alkanes) is 2. The van der Waals surface area contributed by atoms with Gasteiger partial charge in [0.15, 0.2) is 0 Å². The molecule has 4 heteroatoms. The molecule has 4 nitrogen and oxygen atoms in total. The molecule has 1 heterocycles. The van der Waals surface area contributed by atoms with Crippen molar-refractivity contribution in [1.82, 2.24) is 0 Å². The highest BCUT2D eigenvalue weighted by atomic mass is 16.5. The molecule has 1 aromatic carbocycles. The van der Waals surface area contributed by atoms with Crippen LogP contribution in [0.25, 0.3) is 0 Å². The first-order valence-electron chi connectivity index (χ1n) is 11.6. The molecule has 1 N–H and O–H groups in total. The molecule has 0 spiro atoms. The van der Waals surface area contributed by atoms with Gasteiger partial charge in [-0.2, -0.15) is 0 Å². The van der Waals surface area contributed by atoms with E-state index in [9.17, 15) is 0 Å². The summed E-state index contributed by atoms with van der Waals surface area (Å²) in [5.74, 6) is 3.79. The number of fused-ring (bicyclic) bond motifs is 3. The first kappa shape index (κ1) is 22.4. The largest absolute Gasteiger partial charge is 0.491 e. The number of aryl methyl sites for hydroxylation is 1. The van der Waals surface area contributed by atoms with Crippen LogP contribution in [0.1, 0.15) is 83.3 Å². The number of ether oxygens (including phenoxy) is 3. The maximum absolute atomic E-state index is 8.90. The number of hydrogen-bond acceptors (Lipinski definition) is 4. The van der Waals surface area contributed by atoms with Gasteiger partial charge in [-0.25, -0.2) is 0 Å². The third-order valence-electron chi connectivity index (χ3n) is 6.70. The zero-order valence-corrected chi connectivity index (χ0v) is 18.8. The van der Waals surface area contributed by atoms with Crippen LogP contribution < -0.4 is 9.47 Å². The molecule has 1 fully saturated rings. The molecule has 0 aromatic heterocycles. The first-order valence-corrected chi connectivity index (χ1v) is 11.6. The maximum Gasteiger partial charge on any atom is 0.127 e. The summed E-state index contributed by atoms with van der Waals surface area (Å²) in [6, 6.07) is 4.52. The quantitative estimate of drug-likeness (QED) is 0.523. The summed E-state index contributed by atoms with van der Waals surface area (Å²) in [5.41, 5.74) is 2.45. The fourth-order valence-corrected chi connectivity index (χ4v) is 5.22. The number of aliphatic hydroxyl groups excluding tert-OH is 1. The molecule has 0 saturated heterocycles. The minimum Gasteiger partial charge on any atom is -0.491 e. The maximum atomic E-state index is 8.90. The van der Waals surface area contributed by atoms with Gasteiger partial charge in [0.25, 0.3) is 0 Å². The third-order valence-corrected chi connectivity index (χ3v) is 6.70. The molecule has 1 saturated carbocycles. The Bertz CT molecular complexity index is 654. The number of benzene rings is 1. The van der Waals surface area contributed by atoms with Crippen molar-refractivity contribution in [3.8, 4) is 11.5 Å². The zero-order valence-electron chi connectivity index (χ0n) is 18.8. The Kier molecular flexibility index (Phi) is 7.86. The highest BCUT2D eigenvalue weighted by Crippen LogP contribution is 2.55. The smallest absolute Gasteiger partial charge is 0.127 e. The lowest BCUT2D eigenvalue weighted by molar-refractivity contribution is -0.0151. The second-order valence-corrected chi connectivity index (χ2v) is 9.48. The van der Waals surface area contributed by atoms with Crippen molar-refractivity contribution in [2.24, 2.45) is 11.8 Å². The van der Waals surface area contributed by atoms with Crippen LogP contribution in [-0.2, 0) is 11.2 Å². The lowest BCUT2D eigenvalue weighted by Gasteiger charge is -2.49. The van der Waals surface area contributed by atoms with Crippen molar-refractivity contribution in [3.05, 3.63) is 23.3 Å². The summed E-state index contributed by atoms with van der Waals surface area (Å²) >= 11 is 0. The Morgan fingerprint density at radius 1 is 1.14 bits per heavy atom. The molecule has 1 aromatic rings. The Labute approximate surface area is 176 Å². The van der Waals surface area contributed by atoms with Gasteiger partial charge < -0.3 is 19.3 Å². The molecule has 0 bridgehead atoms. The van der Waals surface area contributed by atoms with Crippen LogP contribution in [0, 0.1) is 11.8 Å². The lowest BCUT2D eigenvalue weighted by atomic mass is 9.64. The molecule has 1 aliphatic heterocycles. The normalized spacial score (nSPS) is 25.1. The molecule has 0 unspecified atom stereocenters. The van der Waals surface area contributed by atoms with E-state index in [-0.39, 0.29) is 12.2 Å². The van der Waals surface area contributed by atoms with Crippen molar-refractivity contribution >= 4 is 0 Å². The highest BCUT2D eigenvalue weighted by Gasteiger charge is 2.47. The topological polar surface area (TPSA) is 47.9 Å². The van der Waals surface area contributed by atoms with Gasteiger partial charge in [-0.05, 0) is 69.1 Å². The fourth-order valence-electron chi connectivity index (χ4n) is 5.22. The van der Waals surface area contributed by atoms with E-state index in [1.54, 1.807) is 0 Å². The SMILES string of the molecule is CCCCCc1cc(OCCOCCO)c2c(c1)OC(C)(C)[C@@H]1CC[C@H](C)C[C@@H]21. The minimum absolute atomic E-state index is 0.0485. The third kappa shape index (κ3) is 5.46. The molecule has 3 rings (SSSR count). The molecule has 3 atom stereocenters. The number of hydrogen-bond donors (Lipinski definition) is 1. The van der Waals surface area contributed by atoms with E-state index in [0.717, 1.165) is 23.8 Å². The average molecular weight is 405 g/mol. The predicted octanol–water partition coefficient (Wildman–Crippen LogP) is 5.50. The molecule has 0 amide bonds. The second kappa shape index (κ2) is 10.2. The van der Waals surface area contributed by atoms with E-state index in [4.69, 9.17) is 19.3 Å². The highest BCUT2D eigenvalue weighted by molar-refractivity contribution is 5.52. The number of aliphatic hydroxyl groups is 1. The number of rotatable bonds is 10. The van der Waals surface area contributed by atoms with Gasteiger partial charge in [0.1, 0.15) is 23.7 Å². The van der Waals surface area contributed by atoms with E-state index in [1.165, 1.54) is 49.7 Å². The standard InChI is InChI=1S/C25H40O4/c1-5-6-7-8-19-16-22(28-14-13-27-12-11-26)24-20-15-18(2)9-10-21(20)25(3,4)29-23(24)17-19/h16-18,20-21,26H,5-15H2,1-4H3/t18-,20+,21+/m0/s1. The van der Waals surface area contributed by atoms with Crippen molar-refractivity contribution in [2.75, 3.05) is 26.4 Å². The van der Waals surface area contributed by atoms with Crippen LogP contribution in [0.5, 0.6) is 11.5 Å². The Morgan fingerprint density at radius 3 is 2.72 bits per heavy atom. The van der Waals surface area contributed by atoms with Gasteiger partial charge in [-0.1, -0.05) is 33.1 Å². The monoisotopic (exact) mass is 404 g/mol. The van der Waals surface area contributed by atoms with Crippen LogP contribution in [0.3, 0.4) is 0 Å². The summed E-state index contributed by atoms with van der Waals surface area (Å²) in [6.07, 6.45) is 8.43. The van der Waals surface area contributed by atoms with Gasteiger partial charge in [-0.15, -0.1) is 0 Å². The van der Waals surface area contributed by atoms with Crippen molar-refractivity contribution in [3.63, 3.8) is 0 Å². The summed E-state index contributed by atoms with van der Waals surface area (Å²) in [5, 5.41) is 8.90. The molecular formula is C25H40O4. The Morgan fingerprint density at radius 2 is 1.97 bits per heavy atom. The van der Waals surface area contributed by atoms with Crippen molar-refractivity contribution in [2.45, 2.75) is 84.2 Å². The Balaban J connectivity index is 1.89. The lowest BCUT2D eigenvalue weighted by Crippen LogP contribution is -2.46. The summed E-state index contributed by atoms with van der Waals surface area (Å²) < 4.78 is 18.3. The van der Waals surface area contributed by atoms with Gasteiger partial charge in [0, 0.05) is 11.5 Å². The van der Waals surface area contributed by atoms with Crippen LogP contribution in [0.15, 0.2) is 12.1 Å². The van der Waals surface area contributed by atoms with Crippen molar-refractivity contribution < 1.29 is 19.3 Å². The Hall–Kier alpha value is -1.26. The summed E-state index contributed by atoms with van der Waals surface area (Å²) in [4.78, 5) is 0. The van der Waals surface area contributed by atoms with Crippen LogP contribution in [-0.4, -0.2) is 37.1 Å². The van der Waals surface area contributed by atoms with E-state index >= 15 is 0 Å². The zero-order chi connectivity index (χ0) is 20.9. The van der Waals surface area contributed by atoms with Gasteiger partial charge in [0.2, 0.25) is 0 Å².